The fourth-order valence-corrected chi connectivity index (χ4v) is 1.48. The van der Waals surface area contributed by atoms with Crippen LogP contribution in [0.1, 0.15) is 5.56 Å². The van der Waals surface area contributed by atoms with Crippen LogP contribution in [0.4, 0.5) is 0 Å². The van der Waals surface area contributed by atoms with Crippen LogP contribution in [0.25, 0.3) is 10.8 Å². The number of benzene rings is 2. The molecule has 0 bridgehead atoms. The maximum Gasteiger partial charge on any atom is 0.180 e. The van der Waals surface area contributed by atoms with Crippen LogP contribution in [0.5, 0.6) is 0 Å². The molecule has 0 saturated heterocycles. The quantitative estimate of drug-likeness (QED) is 0.565. The van der Waals surface area contributed by atoms with Gasteiger partial charge in [0.15, 0.2) is 6.39 Å². The minimum Gasteiger partial charge on any atom is -0.452 e. The summed E-state index contributed by atoms with van der Waals surface area (Å²) in [6, 6.07) is 14.9. The summed E-state index contributed by atoms with van der Waals surface area (Å²) >= 11 is 0. The van der Waals surface area contributed by atoms with Crippen LogP contribution in [0.15, 0.2) is 65.7 Å². The summed E-state index contributed by atoms with van der Waals surface area (Å²) in [5.41, 5.74) is 1.32. The van der Waals surface area contributed by atoms with E-state index in [1.807, 2.05) is 0 Å². The first-order valence-electron chi connectivity index (χ1n) is 5.14. The van der Waals surface area contributed by atoms with Gasteiger partial charge < -0.3 is 4.42 Å². The van der Waals surface area contributed by atoms with Crippen molar-refractivity contribution in [2.24, 2.45) is 0 Å². The molecule has 0 saturated carbocycles. The Balaban J connectivity index is 0.000000162. The van der Waals surface area contributed by atoms with E-state index < -0.39 is 0 Å². The van der Waals surface area contributed by atoms with Crippen LogP contribution < -0.4 is 0 Å². The maximum atomic E-state index is 4.47. The van der Waals surface area contributed by atoms with E-state index in [9.17, 15) is 0 Å². The van der Waals surface area contributed by atoms with Gasteiger partial charge in [-0.1, -0.05) is 48.0 Å². The topological polar surface area (TPSA) is 26.0 Å². The van der Waals surface area contributed by atoms with Gasteiger partial charge in [-0.25, -0.2) is 4.98 Å². The second kappa shape index (κ2) is 5.12. The Morgan fingerprint density at radius 1 is 1.00 bits per heavy atom. The van der Waals surface area contributed by atoms with Gasteiger partial charge in [-0.15, -0.1) is 0 Å². The molecule has 0 aliphatic carbocycles. The summed E-state index contributed by atoms with van der Waals surface area (Å²) in [4.78, 5) is 3.56. The molecular weight excluding hydrogens is 198 g/mol. The first-order chi connectivity index (χ1) is 7.86. The van der Waals surface area contributed by atoms with Crippen LogP contribution in [0, 0.1) is 6.92 Å². The van der Waals surface area contributed by atoms with Gasteiger partial charge in [-0.05, 0) is 17.7 Å². The lowest BCUT2D eigenvalue weighted by atomic mass is 10.1. The Hall–Kier alpha value is -2.09. The first-order valence-corrected chi connectivity index (χ1v) is 5.14. The number of aromatic nitrogens is 1. The summed E-state index contributed by atoms with van der Waals surface area (Å²) in [7, 11) is 0. The highest BCUT2D eigenvalue weighted by Crippen LogP contribution is 2.14. The molecule has 3 rings (SSSR count). The molecule has 2 nitrogen and oxygen atoms in total. The standard InChI is InChI=1S/C11H10.C3H3NO/c1-9-6-7-10-4-2-3-5-11(10)8-9;1-2-5-3-4-1/h2-8H,1H3;1-3H. The predicted molar refractivity (Wildman–Crippen MR) is 65.2 cm³/mol. The number of hydrogen-bond donors (Lipinski definition) is 0. The molecule has 0 amide bonds. The lowest BCUT2D eigenvalue weighted by Gasteiger charge is -1.96. The Bertz CT molecular complexity index is 526. The fraction of sp³-hybridized carbons (Fsp3) is 0.0714. The Labute approximate surface area is 94.6 Å². The largest absolute Gasteiger partial charge is 0.452 e. The zero-order valence-corrected chi connectivity index (χ0v) is 9.13. The highest BCUT2D eigenvalue weighted by molar-refractivity contribution is 5.82. The molecule has 0 N–H and O–H groups in total. The molecule has 0 aliphatic heterocycles. The van der Waals surface area contributed by atoms with Gasteiger partial charge in [0.2, 0.25) is 0 Å². The molecule has 0 atom stereocenters. The van der Waals surface area contributed by atoms with Crippen molar-refractivity contribution in [1.29, 1.82) is 0 Å². The van der Waals surface area contributed by atoms with Crippen molar-refractivity contribution in [3.63, 3.8) is 0 Å². The van der Waals surface area contributed by atoms with E-state index in [1.165, 1.54) is 29.0 Å². The van der Waals surface area contributed by atoms with E-state index in [2.05, 4.69) is 58.8 Å². The van der Waals surface area contributed by atoms with Crippen molar-refractivity contribution in [3.05, 3.63) is 66.9 Å². The summed E-state index contributed by atoms with van der Waals surface area (Å²) < 4.78 is 4.47. The van der Waals surface area contributed by atoms with Gasteiger partial charge >= 0.3 is 0 Å². The lowest BCUT2D eigenvalue weighted by Crippen LogP contribution is -1.73. The highest BCUT2D eigenvalue weighted by Gasteiger charge is 1.89. The monoisotopic (exact) mass is 211 g/mol. The molecule has 0 radical (unpaired) electrons. The van der Waals surface area contributed by atoms with E-state index in [0.717, 1.165) is 0 Å². The molecule has 3 aromatic rings. The van der Waals surface area contributed by atoms with Crippen molar-refractivity contribution in [2.45, 2.75) is 6.92 Å². The van der Waals surface area contributed by atoms with Gasteiger partial charge in [-0.2, -0.15) is 0 Å². The minimum absolute atomic E-state index is 1.32. The van der Waals surface area contributed by atoms with Crippen molar-refractivity contribution in [2.75, 3.05) is 0 Å². The molecular formula is C14H13NO. The molecule has 80 valence electrons. The molecule has 1 aromatic heterocycles. The fourth-order valence-electron chi connectivity index (χ4n) is 1.48. The van der Waals surface area contributed by atoms with Crippen molar-refractivity contribution in [3.8, 4) is 0 Å². The summed E-state index contributed by atoms with van der Waals surface area (Å²) in [5.74, 6) is 0. The number of fused-ring (bicyclic) bond motifs is 1. The number of rotatable bonds is 0. The third kappa shape index (κ3) is 2.70. The molecule has 2 aromatic carbocycles. The Kier molecular flexibility index (Phi) is 3.34. The summed E-state index contributed by atoms with van der Waals surface area (Å²) in [5, 5.41) is 2.64. The average molecular weight is 211 g/mol. The van der Waals surface area contributed by atoms with E-state index in [4.69, 9.17) is 0 Å². The minimum atomic E-state index is 1.32. The van der Waals surface area contributed by atoms with Crippen LogP contribution in [-0.4, -0.2) is 4.98 Å². The zero-order chi connectivity index (χ0) is 11.2. The van der Waals surface area contributed by atoms with Crippen molar-refractivity contribution >= 4 is 10.8 Å². The van der Waals surface area contributed by atoms with Crippen LogP contribution >= 0.6 is 0 Å². The molecule has 0 unspecified atom stereocenters. The van der Waals surface area contributed by atoms with Crippen LogP contribution in [0.3, 0.4) is 0 Å². The zero-order valence-electron chi connectivity index (χ0n) is 9.13. The average Bonchev–Trinajstić information content (AvgIpc) is 2.87. The SMILES string of the molecule is Cc1ccc2ccccc2c1.c1cocn1. The van der Waals surface area contributed by atoms with Gasteiger partial charge in [0.25, 0.3) is 0 Å². The smallest absolute Gasteiger partial charge is 0.180 e. The molecule has 1 heterocycles. The number of nitrogens with zero attached hydrogens (tertiary/aromatic N) is 1. The van der Waals surface area contributed by atoms with E-state index in [1.54, 1.807) is 6.20 Å². The van der Waals surface area contributed by atoms with Crippen LogP contribution in [-0.2, 0) is 0 Å². The Morgan fingerprint density at radius 2 is 1.81 bits per heavy atom. The number of hydrogen-bond acceptors (Lipinski definition) is 2. The number of oxazole rings is 1. The van der Waals surface area contributed by atoms with Gasteiger partial charge in [-0.3, -0.25) is 0 Å². The normalized spacial score (nSPS) is 9.56. The lowest BCUT2D eigenvalue weighted by molar-refractivity contribution is 0.558. The third-order valence-electron chi connectivity index (χ3n) is 2.25. The molecule has 0 aliphatic rings. The van der Waals surface area contributed by atoms with E-state index >= 15 is 0 Å². The second-order valence-corrected chi connectivity index (χ2v) is 3.53. The van der Waals surface area contributed by atoms with Gasteiger partial charge in [0, 0.05) is 0 Å². The van der Waals surface area contributed by atoms with E-state index in [-0.39, 0.29) is 0 Å². The third-order valence-corrected chi connectivity index (χ3v) is 2.25. The number of aryl methyl sites for hydroxylation is 1. The molecule has 0 spiro atoms. The maximum absolute atomic E-state index is 4.47. The van der Waals surface area contributed by atoms with Gasteiger partial charge in [0.1, 0.15) is 6.26 Å². The van der Waals surface area contributed by atoms with Crippen molar-refractivity contribution < 1.29 is 4.42 Å². The molecule has 16 heavy (non-hydrogen) atoms. The molecule has 0 fully saturated rings. The van der Waals surface area contributed by atoms with E-state index in [0.29, 0.717) is 0 Å². The van der Waals surface area contributed by atoms with Gasteiger partial charge in [0.05, 0.1) is 6.20 Å². The van der Waals surface area contributed by atoms with Crippen LogP contribution in [0.2, 0.25) is 0 Å². The highest BCUT2D eigenvalue weighted by atomic mass is 16.3. The van der Waals surface area contributed by atoms with Crippen molar-refractivity contribution in [1.82, 2.24) is 4.98 Å². The first kappa shape index (κ1) is 10.4. The Morgan fingerprint density at radius 3 is 2.44 bits per heavy atom. The second-order valence-electron chi connectivity index (χ2n) is 3.53. The summed E-state index contributed by atoms with van der Waals surface area (Å²) in [6.07, 6.45) is 4.47. The predicted octanol–water partition coefficient (Wildman–Crippen LogP) is 3.82. The summed E-state index contributed by atoms with van der Waals surface area (Å²) in [6.45, 7) is 2.12. The molecule has 2 heteroatoms.